The van der Waals surface area contributed by atoms with Crippen molar-refractivity contribution < 1.29 is 23.2 Å². The van der Waals surface area contributed by atoms with Gasteiger partial charge < -0.3 is 10.6 Å². The van der Waals surface area contributed by atoms with Gasteiger partial charge in [-0.05, 0) is 48.6 Å². The predicted molar refractivity (Wildman–Crippen MR) is 99.6 cm³/mol. The Labute approximate surface area is 165 Å². The van der Waals surface area contributed by atoms with E-state index in [-0.39, 0.29) is 0 Å². The zero-order chi connectivity index (χ0) is 20.8. The number of nitrogens with one attached hydrogen (secondary N) is 2. The Bertz CT molecular complexity index is 1030. The number of imide groups is 1. The van der Waals surface area contributed by atoms with Crippen LogP contribution in [0, 0.1) is 11.6 Å². The smallest absolute Gasteiger partial charge is 0.325 e. The van der Waals surface area contributed by atoms with Crippen LogP contribution in [0.2, 0.25) is 0 Å². The fourth-order valence-corrected chi connectivity index (χ4v) is 4.03. The molecular weight excluding hydrogens is 380 g/mol. The highest BCUT2D eigenvalue weighted by Crippen LogP contribution is 2.41. The summed E-state index contributed by atoms with van der Waals surface area (Å²) in [6.07, 6.45) is 1.11. The lowest BCUT2D eigenvalue weighted by molar-refractivity contribution is -0.135. The van der Waals surface area contributed by atoms with E-state index in [9.17, 15) is 23.2 Å². The molecule has 2 aliphatic rings. The first-order chi connectivity index (χ1) is 13.8. The molecule has 0 aromatic heterocycles. The Morgan fingerprint density at radius 2 is 1.97 bits per heavy atom. The molecule has 2 unspecified atom stereocenters. The number of benzene rings is 2. The van der Waals surface area contributed by atoms with E-state index in [4.69, 9.17) is 0 Å². The van der Waals surface area contributed by atoms with Crippen molar-refractivity contribution in [1.82, 2.24) is 15.5 Å². The molecule has 29 heavy (non-hydrogen) atoms. The number of hydrogen-bond donors (Lipinski definition) is 2. The zero-order valence-electron chi connectivity index (χ0n) is 15.7. The van der Waals surface area contributed by atoms with Crippen LogP contribution < -0.4 is 10.6 Å². The summed E-state index contributed by atoms with van der Waals surface area (Å²) in [5.74, 6) is -3.02. The number of carbonyl (C=O) groups is 3. The number of halogens is 2. The first kappa shape index (κ1) is 19.0. The molecule has 1 saturated heterocycles. The van der Waals surface area contributed by atoms with E-state index in [0.29, 0.717) is 18.4 Å². The first-order valence-electron chi connectivity index (χ1n) is 9.28. The topological polar surface area (TPSA) is 78.5 Å². The van der Waals surface area contributed by atoms with Crippen LogP contribution in [0.15, 0.2) is 42.5 Å². The second kappa shape index (κ2) is 6.95. The minimum Gasteiger partial charge on any atom is -0.348 e. The molecule has 4 amide bonds. The van der Waals surface area contributed by atoms with Crippen molar-refractivity contribution in [2.45, 2.75) is 31.3 Å². The van der Waals surface area contributed by atoms with Gasteiger partial charge in [0.25, 0.3) is 5.91 Å². The largest absolute Gasteiger partial charge is 0.348 e. The maximum absolute atomic E-state index is 13.4. The molecule has 1 fully saturated rings. The number of nitrogens with zero attached hydrogens (tertiary/aromatic N) is 1. The SMILES string of the molecule is CC(NC(=O)CN1C(=O)NC2(CCc3ccccc32)C1=O)c1ccc(F)c(F)c1. The highest BCUT2D eigenvalue weighted by Gasteiger charge is 2.55. The fraction of sp³-hybridized carbons (Fsp3) is 0.286. The highest BCUT2D eigenvalue weighted by molar-refractivity contribution is 6.09. The summed E-state index contributed by atoms with van der Waals surface area (Å²) in [7, 11) is 0. The second-order valence-corrected chi connectivity index (χ2v) is 7.35. The van der Waals surface area contributed by atoms with E-state index in [1.807, 2.05) is 24.3 Å². The molecule has 1 spiro atoms. The molecule has 1 aliphatic carbocycles. The summed E-state index contributed by atoms with van der Waals surface area (Å²) in [5, 5.41) is 5.36. The second-order valence-electron chi connectivity index (χ2n) is 7.35. The Hall–Kier alpha value is -3.29. The monoisotopic (exact) mass is 399 g/mol. The fourth-order valence-electron chi connectivity index (χ4n) is 4.03. The molecule has 0 saturated carbocycles. The van der Waals surface area contributed by atoms with Gasteiger partial charge in [-0.2, -0.15) is 0 Å². The molecule has 1 aliphatic heterocycles. The lowest BCUT2D eigenvalue weighted by Gasteiger charge is -2.22. The predicted octanol–water partition coefficient (Wildman–Crippen LogP) is 2.54. The van der Waals surface area contributed by atoms with Crippen molar-refractivity contribution in [1.29, 1.82) is 0 Å². The van der Waals surface area contributed by atoms with Gasteiger partial charge in [0, 0.05) is 0 Å². The molecule has 150 valence electrons. The third-order valence-corrected chi connectivity index (χ3v) is 5.55. The van der Waals surface area contributed by atoms with Crippen LogP contribution in [-0.2, 0) is 21.5 Å². The highest BCUT2D eigenvalue weighted by atomic mass is 19.2. The maximum atomic E-state index is 13.4. The van der Waals surface area contributed by atoms with Crippen LogP contribution in [0.25, 0.3) is 0 Å². The summed E-state index contributed by atoms with van der Waals surface area (Å²) in [5.41, 5.74) is 1.01. The molecule has 1 heterocycles. The van der Waals surface area contributed by atoms with Crippen molar-refractivity contribution in [3.63, 3.8) is 0 Å². The molecular formula is C21H19F2N3O3. The van der Waals surface area contributed by atoms with Crippen molar-refractivity contribution >= 4 is 17.8 Å². The van der Waals surface area contributed by atoms with Crippen LogP contribution in [0.1, 0.15) is 36.1 Å². The van der Waals surface area contributed by atoms with Gasteiger partial charge >= 0.3 is 6.03 Å². The first-order valence-corrected chi connectivity index (χ1v) is 9.28. The van der Waals surface area contributed by atoms with Gasteiger partial charge in [-0.25, -0.2) is 13.6 Å². The van der Waals surface area contributed by atoms with Crippen molar-refractivity contribution in [2.24, 2.45) is 0 Å². The average molecular weight is 399 g/mol. The van der Waals surface area contributed by atoms with Gasteiger partial charge in [0.1, 0.15) is 12.1 Å². The van der Waals surface area contributed by atoms with Crippen LogP contribution in [0.3, 0.4) is 0 Å². The molecule has 2 atom stereocenters. The lowest BCUT2D eigenvalue weighted by Crippen LogP contribution is -2.44. The van der Waals surface area contributed by atoms with E-state index in [1.54, 1.807) is 6.92 Å². The molecule has 0 bridgehead atoms. The van der Waals surface area contributed by atoms with Crippen molar-refractivity contribution in [2.75, 3.05) is 6.54 Å². The third-order valence-electron chi connectivity index (χ3n) is 5.55. The van der Waals surface area contributed by atoms with E-state index in [0.717, 1.165) is 28.2 Å². The lowest BCUT2D eigenvalue weighted by atomic mass is 9.92. The molecule has 2 N–H and O–H groups in total. The summed E-state index contributed by atoms with van der Waals surface area (Å²) in [4.78, 5) is 38.8. The summed E-state index contributed by atoms with van der Waals surface area (Å²) >= 11 is 0. The Morgan fingerprint density at radius 3 is 2.72 bits per heavy atom. The molecule has 0 radical (unpaired) electrons. The quantitative estimate of drug-likeness (QED) is 0.776. The molecule has 2 aromatic rings. The summed E-state index contributed by atoms with van der Waals surface area (Å²) < 4.78 is 26.5. The molecule has 2 aromatic carbocycles. The van der Waals surface area contributed by atoms with Crippen molar-refractivity contribution in [3.05, 3.63) is 70.8 Å². The van der Waals surface area contributed by atoms with Crippen molar-refractivity contribution in [3.8, 4) is 0 Å². The van der Waals surface area contributed by atoms with E-state index >= 15 is 0 Å². The van der Waals surface area contributed by atoms with E-state index in [1.165, 1.54) is 6.07 Å². The number of urea groups is 1. The zero-order valence-corrected chi connectivity index (χ0v) is 15.7. The van der Waals surface area contributed by atoms with Gasteiger partial charge in [0.15, 0.2) is 11.6 Å². The van der Waals surface area contributed by atoms with E-state index in [2.05, 4.69) is 10.6 Å². The van der Waals surface area contributed by atoms with Crippen LogP contribution in [-0.4, -0.2) is 29.3 Å². The van der Waals surface area contributed by atoms with Gasteiger partial charge in [-0.3, -0.25) is 14.5 Å². The molecule has 4 rings (SSSR count). The third kappa shape index (κ3) is 3.14. The summed E-state index contributed by atoms with van der Waals surface area (Å²) in [6, 6.07) is 9.51. The Balaban J connectivity index is 1.47. The average Bonchev–Trinajstić information content (AvgIpc) is 3.17. The maximum Gasteiger partial charge on any atom is 0.325 e. The standard InChI is InChI=1S/C21H19F2N3O3/c1-12(14-6-7-16(22)17(23)10-14)24-18(27)11-26-19(28)21(25-20(26)29)9-8-13-4-2-3-5-15(13)21/h2-7,10,12H,8-9,11H2,1H3,(H,24,27)(H,25,29). The Morgan fingerprint density at radius 1 is 1.21 bits per heavy atom. The number of aryl methyl sites for hydroxylation is 1. The molecule has 8 heteroatoms. The van der Waals surface area contributed by atoms with Gasteiger partial charge in [-0.1, -0.05) is 30.3 Å². The van der Waals surface area contributed by atoms with Gasteiger partial charge in [-0.15, -0.1) is 0 Å². The van der Waals surface area contributed by atoms with Crippen LogP contribution >= 0.6 is 0 Å². The normalized spacial score (nSPS) is 21.3. The van der Waals surface area contributed by atoms with Gasteiger partial charge in [0.05, 0.1) is 6.04 Å². The summed E-state index contributed by atoms with van der Waals surface area (Å²) in [6.45, 7) is 1.15. The number of hydrogen-bond acceptors (Lipinski definition) is 3. The number of carbonyl (C=O) groups excluding carboxylic acids is 3. The minimum absolute atomic E-state index is 0.371. The Kier molecular flexibility index (Phi) is 4.56. The number of fused-ring (bicyclic) bond motifs is 2. The number of amides is 4. The van der Waals surface area contributed by atoms with Crippen LogP contribution in [0.4, 0.5) is 13.6 Å². The number of rotatable bonds is 4. The van der Waals surface area contributed by atoms with Gasteiger partial charge in [0.2, 0.25) is 5.91 Å². The van der Waals surface area contributed by atoms with Crippen LogP contribution in [0.5, 0.6) is 0 Å². The molecule has 6 nitrogen and oxygen atoms in total. The van der Waals surface area contributed by atoms with E-state index < -0.39 is 47.6 Å². The minimum atomic E-state index is -1.13.